The average Bonchev–Trinajstić information content (AvgIpc) is 1.71. The molecule has 0 fully saturated rings. The van der Waals surface area contributed by atoms with Crippen LogP contribution in [0.5, 0.6) is 23.0 Å². The largest absolute Gasteiger partial charge is 0.456 e. The first-order chi connectivity index (χ1) is 49.0. The number of nitrogens with zero attached hydrogens (tertiary/aromatic N) is 6. The summed E-state index contributed by atoms with van der Waals surface area (Å²) in [4.78, 5) is 11.0. The molecular weight excluding hydrogens is 1210 g/mol. The molecule has 0 unspecified atom stereocenters. The van der Waals surface area contributed by atoms with Gasteiger partial charge in [-0.3, -0.25) is 9.13 Å². The summed E-state index contributed by atoms with van der Waals surface area (Å²) in [7, 11) is 0. The zero-order chi connectivity index (χ0) is 64.7. The van der Waals surface area contributed by atoms with Crippen LogP contribution in [-0.4, -0.2) is 28.2 Å². The van der Waals surface area contributed by atoms with Crippen LogP contribution >= 0.6 is 0 Å². The molecule has 0 saturated carbocycles. The summed E-state index contributed by atoms with van der Waals surface area (Å²) in [5.41, 5.74) is 23.2. The van der Waals surface area contributed by atoms with Gasteiger partial charge >= 0.3 is 0 Å². The number of ether oxygens (including phenoxy) is 2. The molecule has 8 heteroatoms. The summed E-state index contributed by atoms with van der Waals surface area (Å²) in [6.45, 7) is 2.15. The summed E-state index contributed by atoms with van der Waals surface area (Å²) in [6.07, 6.45) is 2.03. The highest BCUT2D eigenvalue weighted by atomic mass is 16.5. The highest BCUT2D eigenvalue weighted by Gasteiger charge is 2.29. The molecule has 2 aliphatic rings. The number of hydrogen-bond donors (Lipinski definition) is 0. The van der Waals surface area contributed by atoms with Crippen LogP contribution in [0.25, 0.3) is 187 Å². The zero-order valence-electron chi connectivity index (χ0n) is 53.4. The van der Waals surface area contributed by atoms with Gasteiger partial charge in [-0.25, -0.2) is 9.97 Å². The number of benzene rings is 14. The maximum Gasteiger partial charge on any atom is 0.145 e. The van der Waals surface area contributed by atoms with Gasteiger partial charge in [-0.05, 0) is 174 Å². The van der Waals surface area contributed by atoms with Crippen LogP contribution < -0.4 is 9.47 Å². The Balaban J connectivity index is 0.672. The molecule has 8 nitrogen and oxygen atoms in total. The molecule has 22 rings (SSSR count). The Kier molecular flexibility index (Phi) is 11.1. The fourth-order valence-corrected chi connectivity index (χ4v) is 16.8. The van der Waals surface area contributed by atoms with Gasteiger partial charge < -0.3 is 18.6 Å². The molecule has 0 N–H and O–H groups in total. The minimum absolute atomic E-state index is 0.794. The molecule has 0 saturated heterocycles. The van der Waals surface area contributed by atoms with E-state index in [4.69, 9.17) is 19.4 Å². The van der Waals surface area contributed by atoms with E-state index in [0.717, 1.165) is 156 Å². The average molecular weight is 1260 g/mol. The first-order valence-electron chi connectivity index (χ1n) is 33.8. The van der Waals surface area contributed by atoms with Crippen LogP contribution in [0.1, 0.15) is 5.69 Å². The second kappa shape index (κ2) is 20.4. The lowest BCUT2D eigenvalue weighted by Crippen LogP contribution is -2.06. The fraction of sp³-hybridized carbons (Fsp3) is 0.0110. The molecule has 14 aromatic carbocycles. The Hall–Kier alpha value is -13.3. The number of aromatic nitrogens is 6. The van der Waals surface area contributed by atoms with Crippen molar-refractivity contribution in [3.8, 4) is 102 Å². The summed E-state index contributed by atoms with van der Waals surface area (Å²) < 4.78 is 23.2. The molecule has 2 aliphatic heterocycles. The number of fused-ring (bicyclic) bond motifs is 16. The van der Waals surface area contributed by atoms with E-state index in [-0.39, 0.29) is 0 Å². The molecule has 0 aliphatic carbocycles. The van der Waals surface area contributed by atoms with Gasteiger partial charge in [0.2, 0.25) is 0 Å². The molecule has 460 valence electrons. The van der Waals surface area contributed by atoms with E-state index in [1.807, 2.05) is 18.3 Å². The van der Waals surface area contributed by atoms with Gasteiger partial charge in [-0.15, -0.1) is 0 Å². The van der Waals surface area contributed by atoms with Gasteiger partial charge in [-0.1, -0.05) is 170 Å². The molecule has 0 amide bonds. The van der Waals surface area contributed by atoms with E-state index < -0.39 is 0 Å². The Morgan fingerprint density at radius 2 is 0.626 bits per heavy atom. The van der Waals surface area contributed by atoms with E-state index >= 15 is 0 Å². The molecule has 0 radical (unpaired) electrons. The van der Waals surface area contributed by atoms with Crippen LogP contribution in [0, 0.1) is 6.92 Å². The van der Waals surface area contributed by atoms with Crippen molar-refractivity contribution >= 4 is 109 Å². The Morgan fingerprint density at radius 3 is 1.16 bits per heavy atom. The molecular formula is C91H54N6O2. The van der Waals surface area contributed by atoms with Crippen LogP contribution in [0.2, 0.25) is 0 Å². The van der Waals surface area contributed by atoms with Crippen molar-refractivity contribution in [2.75, 3.05) is 0 Å². The first kappa shape index (κ1) is 54.0. The number of para-hydroxylation sites is 6. The number of rotatable bonds is 7. The lowest BCUT2D eigenvalue weighted by atomic mass is 9.92. The van der Waals surface area contributed by atoms with Gasteiger partial charge in [-0.2, -0.15) is 0 Å². The maximum atomic E-state index is 7.16. The van der Waals surface area contributed by atoms with E-state index in [9.17, 15) is 0 Å². The molecule has 99 heavy (non-hydrogen) atoms. The third kappa shape index (κ3) is 7.73. The van der Waals surface area contributed by atoms with Crippen molar-refractivity contribution in [2.45, 2.75) is 6.92 Å². The smallest absolute Gasteiger partial charge is 0.145 e. The van der Waals surface area contributed by atoms with Gasteiger partial charge in [0, 0.05) is 110 Å². The summed E-state index contributed by atoms with van der Waals surface area (Å²) >= 11 is 0. The summed E-state index contributed by atoms with van der Waals surface area (Å²) in [5.74, 6) is 4.98. The van der Waals surface area contributed by atoms with Crippen molar-refractivity contribution in [1.29, 1.82) is 0 Å². The SMILES string of the molecule is Cc1nc(-n2c3ccccc3c3cc(-c4ccc5c(c4)c4ccccc4n5-c4ccccc4)ccc32)c2cccc3c2c1-c1ccc(-c2ccc4c(c2)c2cc(-c5ccc6c(c5)c5ccccc5n6-c5ccccc5)ccc2n4-c2ncc4c5c(cccc25)Oc2ccccc2-4)cc1O3. The van der Waals surface area contributed by atoms with Crippen molar-refractivity contribution in [3.05, 3.63) is 315 Å². The van der Waals surface area contributed by atoms with Crippen LogP contribution in [-0.2, 0) is 0 Å². The quantitative estimate of drug-likeness (QED) is 0.160. The van der Waals surface area contributed by atoms with E-state index in [1.54, 1.807) is 0 Å². The van der Waals surface area contributed by atoms with Crippen LogP contribution in [0.3, 0.4) is 0 Å². The highest BCUT2D eigenvalue weighted by molar-refractivity contribution is 6.18. The normalized spacial score (nSPS) is 12.5. The van der Waals surface area contributed by atoms with E-state index in [1.165, 1.54) is 59.9 Å². The third-order valence-corrected chi connectivity index (χ3v) is 21.1. The Morgan fingerprint density at radius 1 is 0.253 bits per heavy atom. The molecule has 8 heterocycles. The van der Waals surface area contributed by atoms with Crippen molar-refractivity contribution in [2.24, 2.45) is 0 Å². The Labute approximate surface area is 566 Å². The van der Waals surface area contributed by atoms with Gasteiger partial charge in [0.1, 0.15) is 34.6 Å². The monoisotopic (exact) mass is 1260 g/mol. The minimum atomic E-state index is 0.794. The highest BCUT2D eigenvalue weighted by Crippen LogP contribution is 2.53. The fourth-order valence-electron chi connectivity index (χ4n) is 16.8. The van der Waals surface area contributed by atoms with Crippen molar-refractivity contribution in [1.82, 2.24) is 28.2 Å². The lowest BCUT2D eigenvalue weighted by molar-refractivity contribution is 0.486. The first-order valence-corrected chi connectivity index (χ1v) is 33.8. The second-order valence-corrected chi connectivity index (χ2v) is 26.4. The van der Waals surface area contributed by atoms with Crippen molar-refractivity contribution < 1.29 is 9.47 Å². The Bertz CT molecular complexity index is 6930. The third-order valence-electron chi connectivity index (χ3n) is 21.1. The second-order valence-electron chi connectivity index (χ2n) is 26.4. The molecule has 0 spiro atoms. The molecule has 20 aromatic rings. The van der Waals surface area contributed by atoms with E-state index in [0.29, 0.717) is 0 Å². The summed E-state index contributed by atoms with van der Waals surface area (Å²) in [5, 5.41) is 13.6. The van der Waals surface area contributed by atoms with Gasteiger partial charge in [0.25, 0.3) is 0 Å². The van der Waals surface area contributed by atoms with Crippen molar-refractivity contribution in [3.63, 3.8) is 0 Å². The number of hydrogen-bond acceptors (Lipinski definition) is 4. The van der Waals surface area contributed by atoms with Crippen LogP contribution in [0.4, 0.5) is 0 Å². The maximum absolute atomic E-state index is 7.16. The summed E-state index contributed by atoms with van der Waals surface area (Å²) in [6, 6.07) is 110. The molecule has 0 bridgehead atoms. The van der Waals surface area contributed by atoms with E-state index in [2.05, 4.69) is 316 Å². The molecule has 6 aromatic heterocycles. The predicted octanol–water partition coefficient (Wildman–Crippen LogP) is 24.0. The molecule has 0 atom stereocenters. The lowest BCUT2D eigenvalue weighted by Gasteiger charge is -2.25. The standard InChI is InChI=1S/C91H54N6O2/c1-53-87-66-40-34-59(51-86(66)99-85-33-17-27-68(89(85)87)91(93-53)97-77-30-14-10-24-64(77)71-48-56(37-43-80(71)97)54-35-41-78-69(46-54)62-22-8-12-28-75(62)94(78)60-18-4-2-5-19-60)58-39-45-82-73(50-58)72-49-57(55-36-42-79-70(47-55)63-23-9-13-29-76(63)95(79)61-20-6-3-7-21-61)38-44-81(72)96(82)90-67-26-16-32-84-88(67)74(52-92-90)65-25-11-15-31-83(65)98-84/h2-52H,1H3. The van der Waals surface area contributed by atoms with Gasteiger partial charge in [0.05, 0.1) is 44.1 Å². The predicted molar refractivity (Wildman–Crippen MR) is 406 cm³/mol. The topological polar surface area (TPSA) is 64.0 Å². The van der Waals surface area contributed by atoms with Gasteiger partial charge in [0.15, 0.2) is 0 Å². The zero-order valence-corrected chi connectivity index (χ0v) is 53.4. The number of aryl methyl sites for hydroxylation is 1. The van der Waals surface area contributed by atoms with Crippen LogP contribution in [0.15, 0.2) is 310 Å². The minimum Gasteiger partial charge on any atom is -0.456 e. The number of pyridine rings is 2.